The van der Waals surface area contributed by atoms with E-state index in [1.807, 2.05) is 0 Å². The van der Waals surface area contributed by atoms with Gasteiger partial charge >= 0.3 is 23.9 Å². The summed E-state index contributed by atoms with van der Waals surface area (Å²) in [5, 5.41) is 34.6. The summed E-state index contributed by atoms with van der Waals surface area (Å²) in [5.74, 6) is -8.13. The zero-order chi connectivity index (χ0) is 15.2. The second-order valence-corrected chi connectivity index (χ2v) is 6.42. The van der Waals surface area contributed by atoms with Gasteiger partial charge in [0, 0.05) is 5.25 Å². The molecule has 2 rings (SSSR count). The average molecular weight is 304 g/mol. The minimum atomic E-state index is -1.71. The number of rotatable bonds is 4. The Morgan fingerprint density at radius 1 is 0.900 bits per heavy atom. The molecule has 0 amide bonds. The number of hydrogen-bond acceptors (Lipinski definition) is 5. The van der Waals surface area contributed by atoms with E-state index < -0.39 is 58.0 Å². The lowest BCUT2D eigenvalue weighted by Gasteiger charge is -2.36. The molecule has 110 valence electrons. The van der Waals surface area contributed by atoms with Gasteiger partial charge in [-0.1, -0.05) is 0 Å². The Hall–Kier alpha value is -1.77. The number of aliphatic carboxylic acids is 4. The molecular weight excluding hydrogens is 292 g/mol. The van der Waals surface area contributed by atoms with Crippen LogP contribution in [0.3, 0.4) is 0 Å². The Labute approximate surface area is 116 Å². The van der Waals surface area contributed by atoms with E-state index in [1.54, 1.807) is 0 Å². The number of fused-ring (bicyclic) bond motifs is 2. The predicted octanol–water partition coefficient (Wildman–Crippen LogP) is -0.179. The van der Waals surface area contributed by atoms with Crippen LogP contribution in [0.25, 0.3) is 0 Å². The molecule has 1 saturated heterocycles. The van der Waals surface area contributed by atoms with E-state index in [-0.39, 0.29) is 6.42 Å². The molecular formula is C11H12O8S. The van der Waals surface area contributed by atoms with E-state index in [0.29, 0.717) is 0 Å². The minimum absolute atomic E-state index is 0.134. The quantitative estimate of drug-likeness (QED) is 0.554. The van der Waals surface area contributed by atoms with Gasteiger partial charge < -0.3 is 20.4 Å². The summed E-state index contributed by atoms with van der Waals surface area (Å²) in [5.41, 5.74) is -1.71. The summed E-state index contributed by atoms with van der Waals surface area (Å²) in [6, 6.07) is 0. The molecule has 8 nitrogen and oxygen atoms in total. The third-order valence-corrected chi connectivity index (χ3v) is 5.78. The fourth-order valence-electron chi connectivity index (χ4n) is 3.15. The first kappa shape index (κ1) is 14.6. The standard InChI is InChI=1S/C11H12O8S/c12-7(13)3-1-11(10(18)19)2-4(5(3)8(14)15)20-6(11)9(16)17/h3-6H,1-2H2,(H,12,13)(H,14,15)(H,16,17)(H,18,19). The van der Waals surface area contributed by atoms with Crippen LogP contribution in [-0.4, -0.2) is 54.8 Å². The zero-order valence-electron chi connectivity index (χ0n) is 10.1. The highest BCUT2D eigenvalue weighted by atomic mass is 32.2. The molecule has 1 aliphatic heterocycles. The van der Waals surface area contributed by atoms with Gasteiger partial charge in [-0.05, 0) is 12.8 Å². The summed E-state index contributed by atoms with van der Waals surface area (Å²) in [4.78, 5) is 45.2. The summed E-state index contributed by atoms with van der Waals surface area (Å²) in [6.45, 7) is 0. The number of carbonyl (C=O) groups is 4. The first-order chi connectivity index (χ1) is 9.20. The fourth-order valence-corrected chi connectivity index (χ4v) is 5.04. The monoisotopic (exact) mass is 304 g/mol. The van der Waals surface area contributed by atoms with Crippen LogP contribution < -0.4 is 0 Å². The first-order valence-electron chi connectivity index (χ1n) is 5.78. The van der Waals surface area contributed by atoms with Gasteiger partial charge in [-0.3, -0.25) is 19.2 Å². The largest absolute Gasteiger partial charge is 0.481 e. The SMILES string of the molecule is O=C(O)C1CC2(C(=O)O)CC(SC2C(=O)O)C1C(=O)O. The van der Waals surface area contributed by atoms with Crippen molar-refractivity contribution in [1.82, 2.24) is 0 Å². The summed E-state index contributed by atoms with van der Waals surface area (Å²) in [7, 11) is 0. The maximum Gasteiger partial charge on any atom is 0.317 e. The predicted molar refractivity (Wildman–Crippen MR) is 64.4 cm³/mol. The normalized spacial score (nSPS) is 39.2. The molecule has 1 aliphatic carbocycles. The molecule has 5 unspecified atom stereocenters. The van der Waals surface area contributed by atoms with Crippen molar-refractivity contribution in [1.29, 1.82) is 0 Å². The highest BCUT2D eigenvalue weighted by molar-refractivity contribution is 8.01. The number of carboxylic acid groups (broad SMARTS) is 4. The molecule has 0 aromatic heterocycles. The topological polar surface area (TPSA) is 149 Å². The van der Waals surface area contributed by atoms with Crippen LogP contribution in [-0.2, 0) is 19.2 Å². The van der Waals surface area contributed by atoms with Gasteiger partial charge in [-0.15, -0.1) is 11.8 Å². The Morgan fingerprint density at radius 2 is 1.50 bits per heavy atom. The van der Waals surface area contributed by atoms with Crippen molar-refractivity contribution in [2.24, 2.45) is 17.3 Å². The molecule has 1 heterocycles. The average Bonchev–Trinajstić information content (AvgIpc) is 2.63. The van der Waals surface area contributed by atoms with Crippen LogP contribution in [0.1, 0.15) is 12.8 Å². The summed E-state index contributed by atoms with van der Waals surface area (Å²) < 4.78 is 0. The van der Waals surface area contributed by atoms with Crippen molar-refractivity contribution in [2.45, 2.75) is 23.3 Å². The minimum Gasteiger partial charge on any atom is -0.481 e. The Balaban J connectivity index is 2.49. The first-order valence-corrected chi connectivity index (χ1v) is 6.72. The van der Waals surface area contributed by atoms with Crippen LogP contribution >= 0.6 is 11.8 Å². The molecule has 2 fully saturated rings. The van der Waals surface area contributed by atoms with Crippen LogP contribution in [0.5, 0.6) is 0 Å². The second-order valence-electron chi connectivity index (χ2n) is 5.07. The Morgan fingerprint density at radius 3 is 1.90 bits per heavy atom. The molecule has 0 spiro atoms. The van der Waals surface area contributed by atoms with E-state index in [2.05, 4.69) is 0 Å². The third-order valence-electron chi connectivity index (χ3n) is 4.05. The maximum absolute atomic E-state index is 11.5. The molecule has 0 aromatic carbocycles. The summed E-state index contributed by atoms with van der Waals surface area (Å²) >= 11 is 0.750. The molecule has 1 saturated carbocycles. The van der Waals surface area contributed by atoms with E-state index >= 15 is 0 Å². The number of hydrogen-bond donors (Lipinski definition) is 4. The van der Waals surface area contributed by atoms with Gasteiger partial charge in [0.2, 0.25) is 0 Å². The number of carboxylic acids is 4. The maximum atomic E-state index is 11.5. The zero-order valence-corrected chi connectivity index (χ0v) is 10.9. The van der Waals surface area contributed by atoms with Crippen LogP contribution in [0, 0.1) is 17.3 Å². The van der Waals surface area contributed by atoms with E-state index in [9.17, 15) is 24.3 Å². The van der Waals surface area contributed by atoms with Gasteiger partial charge in [-0.2, -0.15) is 0 Å². The van der Waals surface area contributed by atoms with E-state index in [4.69, 9.17) is 15.3 Å². The third kappa shape index (κ3) is 1.92. The fraction of sp³-hybridized carbons (Fsp3) is 0.636. The van der Waals surface area contributed by atoms with Crippen molar-refractivity contribution in [3.8, 4) is 0 Å². The van der Waals surface area contributed by atoms with E-state index in [0.717, 1.165) is 11.8 Å². The van der Waals surface area contributed by atoms with Crippen molar-refractivity contribution < 1.29 is 39.6 Å². The lowest BCUT2D eigenvalue weighted by atomic mass is 9.63. The van der Waals surface area contributed by atoms with Gasteiger partial charge in [-0.25, -0.2) is 0 Å². The molecule has 0 aromatic rings. The van der Waals surface area contributed by atoms with E-state index in [1.165, 1.54) is 0 Å². The Bertz CT molecular complexity index is 491. The number of thioether (sulfide) groups is 1. The van der Waals surface area contributed by atoms with Crippen molar-refractivity contribution in [3.05, 3.63) is 0 Å². The molecule has 2 aliphatic rings. The van der Waals surface area contributed by atoms with Gasteiger partial charge in [0.25, 0.3) is 0 Å². The lowest BCUT2D eigenvalue weighted by Crippen LogP contribution is -2.50. The molecule has 0 radical (unpaired) electrons. The summed E-state index contributed by atoms with van der Waals surface area (Å²) in [6.07, 6.45) is -0.611. The lowest BCUT2D eigenvalue weighted by molar-refractivity contribution is -0.166. The highest BCUT2D eigenvalue weighted by Gasteiger charge is 2.65. The Kier molecular flexibility index (Phi) is 3.41. The van der Waals surface area contributed by atoms with Crippen LogP contribution in [0.4, 0.5) is 0 Å². The van der Waals surface area contributed by atoms with Crippen molar-refractivity contribution in [2.75, 3.05) is 0 Å². The van der Waals surface area contributed by atoms with Gasteiger partial charge in [0.15, 0.2) is 0 Å². The molecule has 2 bridgehead atoms. The molecule has 9 heteroatoms. The molecule has 4 N–H and O–H groups in total. The van der Waals surface area contributed by atoms with Gasteiger partial charge in [0.05, 0.1) is 17.3 Å². The van der Waals surface area contributed by atoms with Crippen LogP contribution in [0.2, 0.25) is 0 Å². The smallest absolute Gasteiger partial charge is 0.317 e. The van der Waals surface area contributed by atoms with Crippen LogP contribution in [0.15, 0.2) is 0 Å². The molecule has 20 heavy (non-hydrogen) atoms. The van der Waals surface area contributed by atoms with Crippen molar-refractivity contribution in [3.63, 3.8) is 0 Å². The van der Waals surface area contributed by atoms with Gasteiger partial charge in [0.1, 0.15) is 5.25 Å². The highest BCUT2D eigenvalue weighted by Crippen LogP contribution is 2.59. The second kappa shape index (κ2) is 4.65. The van der Waals surface area contributed by atoms with Crippen molar-refractivity contribution >= 4 is 35.6 Å². The molecule has 5 atom stereocenters.